The van der Waals surface area contributed by atoms with E-state index in [9.17, 15) is 13.5 Å². The largest absolute Gasteiger partial charge is 0.507 e. The molecular formula is C10H15NO3S. The highest BCUT2D eigenvalue weighted by Gasteiger charge is 2.20. The maximum Gasteiger partial charge on any atom is 0.179 e. The van der Waals surface area contributed by atoms with E-state index in [-0.39, 0.29) is 16.6 Å². The van der Waals surface area contributed by atoms with Crippen molar-refractivity contribution in [3.63, 3.8) is 0 Å². The summed E-state index contributed by atoms with van der Waals surface area (Å²) in [6, 6.07) is 4.66. The molecule has 0 radical (unpaired) electrons. The summed E-state index contributed by atoms with van der Waals surface area (Å²) in [5.74, 6) is -0.308. The predicted octanol–water partition coefficient (Wildman–Crippen LogP) is 0.858. The average molecular weight is 229 g/mol. The molecule has 0 heterocycles. The van der Waals surface area contributed by atoms with Crippen LogP contribution in [0.4, 0.5) is 0 Å². The third-order valence-corrected chi connectivity index (χ3v) is 3.47. The van der Waals surface area contributed by atoms with Gasteiger partial charge in [-0.3, -0.25) is 0 Å². The Kier molecular flexibility index (Phi) is 3.36. The number of rotatable bonds is 3. The van der Waals surface area contributed by atoms with E-state index in [1.165, 1.54) is 6.07 Å². The van der Waals surface area contributed by atoms with E-state index in [1.54, 1.807) is 12.1 Å². The highest BCUT2D eigenvalue weighted by molar-refractivity contribution is 7.90. The van der Waals surface area contributed by atoms with Crippen molar-refractivity contribution in [3.8, 4) is 5.75 Å². The minimum absolute atomic E-state index is 0.0112. The van der Waals surface area contributed by atoms with E-state index in [4.69, 9.17) is 5.73 Å². The van der Waals surface area contributed by atoms with Crippen LogP contribution in [-0.4, -0.2) is 26.3 Å². The fourth-order valence-corrected chi connectivity index (χ4v) is 2.61. The summed E-state index contributed by atoms with van der Waals surface area (Å²) >= 11 is 0. The van der Waals surface area contributed by atoms with Gasteiger partial charge in [-0.2, -0.15) is 0 Å². The molecule has 0 fully saturated rings. The molecule has 0 saturated heterocycles. The number of phenols is 1. The SMILES string of the molecule is CC(CN)c1cccc(O)c1S(C)(=O)=O. The minimum Gasteiger partial charge on any atom is -0.507 e. The van der Waals surface area contributed by atoms with Gasteiger partial charge in [-0.25, -0.2) is 8.42 Å². The third kappa shape index (κ3) is 2.49. The molecular weight excluding hydrogens is 214 g/mol. The Morgan fingerprint density at radius 1 is 1.47 bits per heavy atom. The molecule has 5 heteroatoms. The van der Waals surface area contributed by atoms with Gasteiger partial charge in [-0.15, -0.1) is 0 Å². The Labute approximate surface area is 89.7 Å². The number of hydrogen-bond acceptors (Lipinski definition) is 4. The summed E-state index contributed by atoms with van der Waals surface area (Å²) in [5, 5.41) is 9.55. The van der Waals surface area contributed by atoms with E-state index in [1.807, 2.05) is 6.92 Å². The van der Waals surface area contributed by atoms with Crippen molar-refractivity contribution in [1.82, 2.24) is 0 Å². The second-order valence-electron chi connectivity index (χ2n) is 3.60. The van der Waals surface area contributed by atoms with Crippen LogP contribution in [-0.2, 0) is 9.84 Å². The van der Waals surface area contributed by atoms with E-state index in [0.717, 1.165) is 6.26 Å². The lowest BCUT2D eigenvalue weighted by Gasteiger charge is -2.14. The molecule has 1 unspecified atom stereocenters. The van der Waals surface area contributed by atoms with Crippen LogP contribution in [0.3, 0.4) is 0 Å². The van der Waals surface area contributed by atoms with E-state index in [0.29, 0.717) is 12.1 Å². The molecule has 84 valence electrons. The lowest BCUT2D eigenvalue weighted by Crippen LogP contribution is -2.13. The number of phenolic OH excluding ortho intramolecular Hbond substituents is 1. The van der Waals surface area contributed by atoms with Crippen LogP contribution in [0.15, 0.2) is 23.1 Å². The Balaban J connectivity index is 3.47. The second kappa shape index (κ2) is 4.20. The molecule has 1 rings (SSSR count). The Morgan fingerprint density at radius 2 is 2.07 bits per heavy atom. The number of sulfone groups is 1. The number of nitrogens with two attached hydrogens (primary N) is 1. The van der Waals surface area contributed by atoms with E-state index < -0.39 is 9.84 Å². The van der Waals surface area contributed by atoms with Crippen molar-refractivity contribution in [3.05, 3.63) is 23.8 Å². The normalized spacial score (nSPS) is 13.8. The monoisotopic (exact) mass is 229 g/mol. The van der Waals surface area contributed by atoms with Crippen molar-refractivity contribution < 1.29 is 13.5 Å². The highest BCUT2D eigenvalue weighted by atomic mass is 32.2. The lowest BCUT2D eigenvalue weighted by atomic mass is 10.0. The number of benzene rings is 1. The van der Waals surface area contributed by atoms with Gasteiger partial charge in [0.2, 0.25) is 0 Å². The van der Waals surface area contributed by atoms with Gasteiger partial charge < -0.3 is 10.8 Å². The van der Waals surface area contributed by atoms with Crippen LogP contribution in [0.2, 0.25) is 0 Å². The first-order valence-electron chi connectivity index (χ1n) is 4.60. The van der Waals surface area contributed by atoms with Gasteiger partial charge >= 0.3 is 0 Å². The second-order valence-corrected chi connectivity index (χ2v) is 5.56. The summed E-state index contributed by atoms with van der Waals surface area (Å²) in [6.07, 6.45) is 1.08. The summed E-state index contributed by atoms with van der Waals surface area (Å²) in [4.78, 5) is -0.0112. The highest BCUT2D eigenvalue weighted by Crippen LogP contribution is 2.30. The first kappa shape index (κ1) is 12.0. The van der Waals surface area contributed by atoms with Gasteiger partial charge in [0.15, 0.2) is 9.84 Å². The van der Waals surface area contributed by atoms with Gasteiger partial charge in [0.1, 0.15) is 10.6 Å². The lowest BCUT2D eigenvalue weighted by molar-refractivity contribution is 0.456. The van der Waals surface area contributed by atoms with Gasteiger partial charge in [0.25, 0.3) is 0 Å². The molecule has 0 aliphatic carbocycles. The quantitative estimate of drug-likeness (QED) is 0.805. The van der Waals surface area contributed by atoms with Crippen molar-refractivity contribution in [2.75, 3.05) is 12.8 Å². The molecule has 0 aliphatic heterocycles. The van der Waals surface area contributed by atoms with Crippen molar-refractivity contribution >= 4 is 9.84 Å². The predicted molar refractivity (Wildman–Crippen MR) is 58.7 cm³/mol. The summed E-state index contributed by atoms with van der Waals surface area (Å²) < 4.78 is 23.0. The van der Waals surface area contributed by atoms with Crippen LogP contribution in [0.5, 0.6) is 5.75 Å². The zero-order chi connectivity index (χ0) is 11.6. The summed E-state index contributed by atoms with van der Waals surface area (Å²) in [7, 11) is -3.42. The molecule has 0 spiro atoms. The van der Waals surface area contributed by atoms with Gasteiger partial charge in [0.05, 0.1) is 0 Å². The molecule has 1 atom stereocenters. The van der Waals surface area contributed by atoms with Crippen molar-refractivity contribution in [2.24, 2.45) is 5.73 Å². The maximum atomic E-state index is 11.5. The average Bonchev–Trinajstić information content (AvgIpc) is 2.14. The maximum absolute atomic E-state index is 11.5. The fraction of sp³-hybridized carbons (Fsp3) is 0.400. The number of hydrogen-bond donors (Lipinski definition) is 2. The Morgan fingerprint density at radius 3 is 2.53 bits per heavy atom. The van der Waals surface area contributed by atoms with Crippen LogP contribution >= 0.6 is 0 Å². The smallest absolute Gasteiger partial charge is 0.179 e. The number of aromatic hydroxyl groups is 1. The topological polar surface area (TPSA) is 80.4 Å². The van der Waals surface area contributed by atoms with Crippen LogP contribution in [0, 0.1) is 0 Å². The molecule has 0 saturated carbocycles. The molecule has 15 heavy (non-hydrogen) atoms. The standard InChI is InChI=1S/C10H15NO3S/c1-7(6-11)8-4-3-5-9(12)10(8)15(2,13)14/h3-5,7,12H,6,11H2,1-2H3. The third-order valence-electron chi connectivity index (χ3n) is 2.28. The van der Waals surface area contributed by atoms with Crippen LogP contribution in [0.1, 0.15) is 18.4 Å². The van der Waals surface area contributed by atoms with Gasteiger partial charge in [-0.1, -0.05) is 19.1 Å². The molecule has 3 N–H and O–H groups in total. The first-order chi connectivity index (χ1) is 6.88. The van der Waals surface area contributed by atoms with Gasteiger partial charge in [0, 0.05) is 6.26 Å². The Bertz CT molecular complexity index is 454. The van der Waals surface area contributed by atoms with E-state index in [2.05, 4.69) is 0 Å². The van der Waals surface area contributed by atoms with Crippen molar-refractivity contribution in [2.45, 2.75) is 17.7 Å². The minimum atomic E-state index is -3.42. The molecule has 1 aromatic carbocycles. The fourth-order valence-electron chi connectivity index (χ4n) is 1.46. The molecule has 0 aromatic heterocycles. The summed E-state index contributed by atoms with van der Waals surface area (Å²) in [6.45, 7) is 2.16. The van der Waals surface area contributed by atoms with E-state index >= 15 is 0 Å². The molecule has 4 nitrogen and oxygen atoms in total. The van der Waals surface area contributed by atoms with Crippen molar-refractivity contribution in [1.29, 1.82) is 0 Å². The zero-order valence-corrected chi connectivity index (χ0v) is 9.58. The first-order valence-corrected chi connectivity index (χ1v) is 6.49. The van der Waals surface area contributed by atoms with Crippen LogP contribution < -0.4 is 5.73 Å². The molecule has 1 aromatic rings. The van der Waals surface area contributed by atoms with Crippen LogP contribution in [0.25, 0.3) is 0 Å². The molecule has 0 aliphatic rings. The molecule has 0 amide bonds. The molecule has 0 bridgehead atoms. The summed E-state index contributed by atoms with van der Waals surface area (Å²) in [5.41, 5.74) is 6.06. The zero-order valence-electron chi connectivity index (χ0n) is 8.77. The van der Waals surface area contributed by atoms with Gasteiger partial charge in [-0.05, 0) is 24.1 Å². The Hall–Kier alpha value is -1.07.